The van der Waals surface area contributed by atoms with Crippen LogP contribution in [0.15, 0.2) is 29.0 Å². The average Bonchev–Trinajstić information content (AvgIpc) is 2.72. The maximum Gasteiger partial charge on any atom is 0.164 e. The van der Waals surface area contributed by atoms with Crippen molar-refractivity contribution in [3.05, 3.63) is 46.2 Å². The van der Waals surface area contributed by atoms with Crippen LogP contribution in [0, 0.1) is 5.82 Å². The minimum Gasteiger partial charge on any atom is -0.303 e. The summed E-state index contributed by atoms with van der Waals surface area (Å²) in [6.45, 7) is 2.59. The van der Waals surface area contributed by atoms with E-state index in [1.807, 2.05) is 14.0 Å². The van der Waals surface area contributed by atoms with Crippen molar-refractivity contribution in [2.45, 2.75) is 19.5 Å². The smallest absolute Gasteiger partial charge is 0.164 e. The number of nitrogens with zero attached hydrogens (tertiary/aromatic N) is 3. The van der Waals surface area contributed by atoms with Crippen molar-refractivity contribution in [3.8, 4) is 0 Å². The van der Waals surface area contributed by atoms with E-state index in [2.05, 4.69) is 31.3 Å². The Balaban J connectivity index is 2.01. The average molecular weight is 313 g/mol. The molecule has 0 radical (unpaired) electrons. The Morgan fingerprint density at radius 3 is 2.89 bits per heavy atom. The van der Waals surface area contributed by atoms with Crippen molar-refractivity contribution in [3.63, 3.8) is 0 Å². The summed E-state index contributed by atoms with van der Waals surface area (Å²) in [7, 11) is 1.83. The summed E-state index contributed by atoms with van der Waals surface area (Å²) >= 11 is 3.36. The van der Waals surface area contributed by atoms with Gasteiger partial charge in [0.05, 0.1) is 6.54 Å². The summed E-state index contributed by atoms with van der Waals surface area (Å²) in [6.07, 6.45) is 1.66. The Hall–Kier alpha value is -1.27. The highest BCUT2D eigenvalue weighted by atomic mass is 79.9. The highest BCUT2D eigenvalue weighted by Crippen LogP contribution is 2.24. The molecule has 96 valence electrons. The van der Waals surface area contributed by atoms with Crippen LogP contribution in [-0.4, -0.2) is 14.8 Å². The van der Waals surface area contributed by atoms with Crippen LogP contribution in [0.5, 0.6) is 0 Å². The number of rotatable bonds is 4. The Morgan fingerprint density at radius 2 is 2.28 bits per heavy atom. The summed E-state index contributed by atoms with van der Waals surface area (Å²) in [5, 5.41) is 7.48. The highest BCUT2D eigenvalue weighted by molar-refractivity contribution is 9.10. The second-order valence-corrected chi connectivity index (χ2v) is 4.96. The van der Waals surface area contributed by atoms with Gasteiger partial charge in [-0.25, -0.2) is 9.37 Å². The first-order chi connectivity index (χ1) is 8.56. The molecule has 4 nitrogen and oxygen atoms in total. The summed E-state index contributed by atoms with van der Waals surface area (Å²) < 4.78 is 15.4. The van der Waals surface area contributed by atoms with Crippen molar-refractivity contribution < 1.29 is 4.39 Å². The van der Waals surface area contributed by atoms with Crippen LogP contribution < -0.4 is 5.32 Å². The molecule has 18 heavy (non-hydrogen) atoms. The molecule has 6 heteroatoms. The third-order valence-corrected chi connectivity index (χ3v) is 3.33. The van der Waals surface area contributed by atoms with Gasteiger partial charge in [0.25, 0.3) is 0 Å². The largest absolute Gasteiger partial charge is 0.303 e. The SMILES string of the molecule is CC(NCc1ncn(C)n1)c1ccc(F)cc1Br. The maximum absolute atomic E-state index is 13.0. The van der Waals surface area contributed by atoms with Crippen LogP contribution >= 0.6 is 15.9 Å². The van der Waals surface area contributed by atoms with Gasteiger partial charge in [0.2, 0.25) is 0 Å². The summed E-state index contributed by atoms with van der Waals surface area (Å²) in [5.74, 6) is 0.492. The van der Waals surface area contributed by atoms with Crippen LogP contribution in [0.4, 0.5) is 4.39 Å². The minimum atomic E-state index is -0.246. The molecule has 0 aliphatic rings. The Bertz CT molecular complexity index is 541. The molecular formula is C12H14BrFN4. The van der Waals surface area contributed by atoms with Crippen molar-refractivity contribution in [2.75, 3.05) is 0 Å². The van der Waals surface area contributed by atoms with Crippen molar-refractivity contribution in [1.29, 1.82) is 0 Å². The number of aromatic nitrogens is 3. The normalized spacial score (nSPS) is 12.7. The monoisotopic (exact) mass is 312 g/mol. The van der Waals surface area contributed by atoms with Crippen LogP contribution in [-0.2, 0) is 13.6 Å². The molecule has 1 N–H and O–H groups in total. The number of hydrogen-bond acceptors (Lipinski definition) is 3. The third kappa shape index (κ3) is 3.14. The lowest BCUT2D eigenvalue weighted by molar-refractivity contribution is 0.552. The molecule has 0 fully saturated rings. The summed E-state index contributed by atoms with van der Waals surface area (Å²) in [5.41, 5.74) is 1.01. The summed E-state index contributed by atoms with van der Waals surface area (Å²) in [6, 6.07) is 4.77. The van der Waals surface area contributed by atoms with Crippen molar-refractivity contribution in [2.24, 2.45) is 7.05 Å². The molecule has 1 atom stereocenters. The molecule has 1 aromatic carbocycles. The number of halogens is 2. The van der Waals surface area contributed by atoms with Crippen LogP contribution in [0.3, 0.4) is 0 Å². The van der Waals surface area contributed by atoms with Gasteiger partial charge in [-0.05, 0) is 24.6 Å². The van der Waals surface area contributed by atoms with Gasteiger partial charge < -0.3 is 5.32 Å². The molecule has 2 aromatic rings. The topological polar surface area (TPSA) is 42.7 Å². The fourth-order valence-electron chi connectivity index (χ4n) is 1.67. The molecule has 0 saturated carbocycles. The zero-order valence-electron chi connectivity index (χ0n) is 10.2. The van der Waals surface area contributed by atoms with Gasteiger partial charge in [-0.15, -0.1) is 0 Å². The quantitative estimate of drug-likeness (QED) is 0.943. The summed E-state index contributed by atoms with van der Waals surface area (Å²) in [4.78, 5) is 4.14. The molecular weight excluding hydrogens is 299 g/mol. The first kappa shape index (κ1) is 13.2. The molecule has 1 unspecified atom stereocenters. The number of hydrogen-bond donors (Lipinski definition) is 1. The van der Waals surface area contributed by atoms with Crippen LogP contribution in [0.1, 0.15) is 24.4 Å². The third-order valence-electron chi connectivity index (χ3n) is 2.64. The van der Waals surface area contributed by atoms with E-state index in [0.717, 1.165) is 15.9 Å². The fourth-order valence-corrected chi connectivity index (χ4v) is 2.37. The van der Waals surface area contributed by atoms with E-state index in [4.69, 9.17) is 0 Å². The van der Waals surface area contributed by atoms with Gasteiger partial charge in [0, 0.05) is 17.6 Å². The molecule has 2 rings (SSSR count). The molecule has 0 saturated heterocycles. The molecule has 0 aliphatic heterocycles. The molecule has 1 aromatic heterocycles. The van der Waals surface area contributed by atoms with E-state index in [9.17, 15) is 4.39 Å². The fraction of sp³-hybridized carbons (Fsp3) is 0.333. The zero-order chi connectivity index (χ0) is 13.1. The highest BCUT2D eigenvalue weighted by Gasteiger charge is 2.10. The predicted octanol–water partition coefficient (Wildman–Crippen LogP) is 2.57. The molecule has 0 amide bonds. The Labute approximate surface area is 113 Å². The minimum absolute atomic E-state index is 0.0868. The lowest BCUT2D eigenvalue weighted by atomic mass is 10.1. The molecule has 1 heterocycles. The number of benzene rings is 1. The number of aryl methyl sites for hydroxylation is 1. The van der Waals surface area contributed by atoms with Gasteiger partial charge in [-0.3, -0.25) is 4.68 Å². The molecule has 0 aliphatic carbocycles. The van der Waals surface area contributed by atoms with Crippen LogP contribution in [0.2, 0.25) is 0 Å². The van der Waals surface area contributed by atoms with E-state index in [0.29, 0.717) is 6.54 Å². The molecule has 0 bridgehead atoms. The van der Waals surface area contributed by atoms with Gasteiger partial charge >= 0.3 is 0 Å². The van der Waals surface area contributed by atoms with E-state index in [-0.39, 0.29) is 11.9 Å². The van der Waals surface area contributed by atoms with E-state index < -0.39 is 0 Å². The lowest BCUT2D eigenvalue weighted by Crippen LogP contribution is -2.19. The zero-order valence-corrected chi connectivity index (χ0v) is 11.8. The van der Waals surface area contributed by atoms with E-state index >= 15 is 0 Å². The van der Waals surface area contributed by atoms with E-state index in [1.54, 1.807) is 17.1 Å². The van der Waals surface area contributed by atoms with Gasteiger partial charge in [-0.2, -0.15) is 5.10 Å². The van der Waals surface area contributed by atoms with Crippen molar-refractivity contribution >= 4 is 15.9 Å². The van der Waals surface area contributed by atoms with Gasteiger partial charge in [0.15, 0.2) is 5.82 Å². The van der Waals surface area contributed by atoms with Gasteiger partial charge in [0.1, 0.15) is 12.1 Å². The standard InChI is InChI=1S/C12H14BrFN4/c1-8(10-4-3-9(14)5-11(10)13)15-6-12-16-7-18(2)17-12/h3-5,7-8,15H,6H2,1-2H3. The first-order valence-corrected chi connectivity index (χ1v) is 6.38. The first-order valence-electron chi connectivity index (χ1n) is 5.59. The second kappa shape index (κ2) is 5.58. The van der Waals surface area contributed by atoms with E-state index in [1.165, 1.54) is 12.1 Å². The lowest BCUT2D eigenvalue weighted by Gasteiger charge is -2.14. The van der Waals surface area contributed by atoms with Crippen molar-refractivity contribution in [1.82, 2.24) is 20.1 Å². The van der Waals surface area contributed by atoms with Crippen LogP contribution in [0.25, 0.3) is 0 Å². The number of nitrogens with one attached hydrogen (secondary N) is 1. The second-order valence-electron chi connectivity index (χ2n) is 4.10. The Kier molecular flexibility index (Phi) is 4.08. The van der Waals surface area contributed by atoms with Gasteiger partial charge in [-0.1, -0.05) is 22.0 Å². The Morgan fingerprint density at radius 1 is 1.50 bits per heavy atom. The molecule has 0 spiro atoms. The predicted molar refractivity (Wildman–Crippen MR) is 70.4 cm³/mol. The maximum atomic E-state index is 13.0.